The maximum atomic E-state index is 6.19. The summed E-state index contributed by atoms with van der Waals surface area (Å²) in [6.07, 6.45) is 0.904. The second-order valence-corrected chi connectivity index (χ2v) is 5.82. The van der Waals surface area contributed by atoms with Crippen molar-refractivity contribution in [2.75, 3.05) is 13.6 Å². The molecule has 1 heterocycles. The Hall–Kier alpha value is -0.940. The number of benzene rings is 1. The third-order valence-electron chi connectivity index (χ3n) is 3.01. The van der Waals surface area contributed by atoms with Crippen LogP contribution in [0.3, 0.4) is 0 Å². The molecule has 2 aromatic rings. The minimum atomic E-state index is 0.0246. The zero-order valence-electron chi connectivity index (χ0n) is 10.9. The predicted molar refractivity (Wildman–Crippen MR) is 81.4 cm³/mol. The van der Waals surface area contributed by atoms with Crippen molar-refractivity contribution in [2.45, 2.75) is 19.0 Å². The van der Waals surface area contributed by atoms with Crippen molar-refractivity contribution in [1.29, 1.82) is 0 Å². The molecule has 3 nitrogen and oxygen atoms in total. The molecule has 5 heteroatoms. The van der Waals surface area contributed by atoms with Crippen LogP contribution in [0.25, 0.3) is 0 Å². The Bertz CT molecular complexity index is 501. The van der Waals surface area contributed by atoms with Crippen LogP contribution in [0.1, 0.15) is 23.7 Å². The topological polar surface area (TPSA) is 42.1 Å². The molecule has 1 unspecified atom stereocenters. The molecule has 1 aromatic heterocycles. The highest BCUT2D eigenvalue weighted by atomic mass is 35.5. The summed E-state index contributed by atoms with van der Waals surface area (Å²) >= 11 is 7.60. The van der Waals surface area contributed by atoms with Crippen molar-refractivity contribution in [3.63, 3.8) is 0 Å². The molecular formula is C14H18ClN3S. The lowest BCUT2D eigenvalue weighted by Crippen LogP contribution is -2.23. The first-order valence-electron chi connectivity index (χ1n) is 6.22. The molecule has 0 bridgehead atoms. The maximum Gasteiger partial charge on any atom is 0.0795 e. The Kier molecular flexibility index (Phi) is 5.34. The van der Waals surface area contributed by atoms with Crippen LogP contribution in [0.5, 0.6) is 0 Å². The molecule has 2 rings (SSSR count). The van der Waals surface area contributed by atoms with E-state index >= 15 is 0 Å². The molecule has 1 aromatic carbocycles. The van der Waals surface area contributed by atoms with E-state index in [9.17, 15) is 0 Å². The monoisotopic (exact) mass is 295 g/mol. The van der Waals surface area contributed by atoms with Gasteiger partial charge in [0.1, 0.15) is 0 Å². The minimum absolute atomic E-state index is 0.0246. The van der Waals surface area contributed by atoms with Crippen molar-refractivity contribution in [3.8, 4) is 0 Å². The Morgan fingerprint density at radius 1 is 1.47 bits per heavy atom. The molecule has 0 radical (unpaired) electrons. The van der Waals surface area contributed by atoms with Gasteiger partial charge in [0.2, 0.25) is 0 Å². The molecule has 0 aliphatic carbocycles. The number of aromatic nitrogens is 1. The fourth-order valence-corrected chi connectivity index (χ4v) is 2.68. The van der Waals surface area contributed by atoms with Crippen LogP contribution < -0.4 is 5.73 Å². The van der Waals surface area contributed by atoms with E-state index in [1.807, 2.05) is 29.8 Å². The van der Waals surface area contributed by atoms with Crippen LogP contribution >= 0.6 is 22.9 Å². The molecule has 102 valence electrons. The summed E-state index contributed by atoms with van der Waals surface area (Å²) in [5, 5.41) is 2.82. The van der Waals surface area contributed by atoms with Gasteiger partial charge >= 0.3 is 0 Å². The molecule has 0 aliphatic rings. The van der Waals surface area contributed by atoms with Crippen LogP contribution in [0.4, 0.5) is 0 Å². The van der Waals surface area contributed by atoms with Crippen molar-refractivity contribution in [3.05, 3.63) is 51.4 Å². The Labute approximate surface area is 123 Å². The lowest BCUT2D eigenvalue weighted by atomic mass is 10.0. The van der Waals surface area contributed by atoms with Crippen LogP contribution in [-0.2, 0) is 6.54 Å². The summed E-state index contributed by atoms with van der Waals surface area (Å²) in [6.45, 7) is 1.80. The first-order valence-corrected chi connectivity index (χ1v) is 7.54. The maximum absolute atomic E-state index is 6.19. The normalized spacial score (nSPS) is 12.8. The van der Waals surface area contributed by atoms with E-state index in [1.54, 1.807) is 11.3 Å². The van der Waals surface area contributed by atoms with E-state index in [0.717, 1.165) is 35.8 Å². The highest BCUT2D eigenvalue weighted by Gasteiger charge is 2.09. The van der Waals surface area contributed by atoms with Gasteiger partial charge in [0.05, 0.1) is 11.2 Å². The largest absolute Gasteiger partial charge is 0.324 e. The lowest BCUT2D eigenvalue weighted by molar-refractivity contribution is 0.308. The number of thiazole rings is 1. The standard InChI is InChI=1S/C14H18ClN3S/c1-18(8-13-9-19-10-17-13)6-5-14(16)11-3-2-4-12(15)7-11/h2-4,7,9-10,14H,5-6,8,16H2,1H3. The smallest absolute Gasteiger partial charge is 0.0795 e. The fraction of sp³-hybridized carbons (Fsp3) is 0.357. The highest BCUT2D eigenvalue weighted by Crippen LogP contribution is 2.18. The molecule has 2 N–H and O–H groups in total. The van der Waals surface area contributed by atoms with E-state index in [2.05, 4.69) is 22.3 Å². The zero-order valence-corrected chi connectivity index (χ0v) is 12.5. The summed E-state index contributed by atoms with van der Waals surface area (Å²) in [5.41, 5.74) is 10.3. The number of hydrogen-bond acceptors (Lipinski definition) is 4. The van der Waals surface area contributed by atoms with Crippen LogP contribution in [0.15, 0.2) is 35.2 Å². The van der Waals surface area contributed by atoms with Gasteiger partial charge < -0.3 is 10.6 Å². The van der Waals surface area contributed by atoms with Gasteiger partial charge in [-0.3, -0.25) is 0 Å². The molecule has 0 spiro atoms. The van der Waals surface area contributed by atoms with E-state index in [4.69, 9.17) is 17.3 Å². The van der Waals surface area contributed by atoms with E-state index in [0.29, 0.717) is 0 Å². The van der Waals surface area contributed by atoms with Crippen LogP contribution in [0, 0.1) is 0 Å². The van der Waals surface area contributed by atoms with Crippen LogP contribution in [0.2, 0.25) is 5.02 Å². The Morgan fingerprint density at radius 2 is 2.32 bits per heavy atom. The van der Waals surface area contributed by atoms with Gasteiger partial charge in [-0.05, 0) is 31.2 Å². The fourth-order valence-electron chi connectivity index (χ4n) is 1.93. The number of rotatable bonds is 6. The summed E-state index contributed by atoms with van der Waals surface area (Å²) < 4.78 is 0. The van der Waals surface area contributed by atoms with E-state index < -0.39 is 0 Å². The molecule has 1 atom stereocenters. The van der Waals surface area contributed by atoms with Gasteiger partial charge in [0, 0.05) is 29.5 Å². The van der Waals surface area contributed by atoms with Gasteiger partial charge in [-0.1, -0.05) is 23.7 Å². The lowest BCUT2D eigenvalue weighted by Gasteiger charge is -2.18. The molecule has 0 saturated heterocycles. The SMILES string of the molecule is CN(CCC(N)c1cccc(Cl)c1)Cc1cscn1. The van der Waals surface area contributed by atoms with Crippen molar-refractivity contribution in [1.82, 2.24) is 9.88 Å². The van der Waals surface area contributed by atoms with Gasteiger partial charge in [0.15, 0.2) is 0 Å². The summed E-state index contributed by atoms with van der Waals surface area (Å²) in [7, 11) is 2.09. The summed E-state index contributed by atoms with van der Waals surface area (Å²) in [5.74, 6) is 0. The van der Waals surface area contributed by atoms with Crippen LogP contribution in [-0.4, -0.2) is 23.5 Å². The Morgan fingerprint density at radius 3 is 3.00 bits per heavy atom. The molecule has 0 saturated carbocycles. The number of nitrogens with two attached hydrogens (primary N) is 1. The van der Waals surface area contributed by atoms with Crippen molar-refractivity contribution >= 4 is 22.9 Å². The number of nitrogens with zero attached hydrogens (tertiary/aromatic N) is 2. The van der Waals surface area contributed by atoms with E-state index in [-0.39, 0.29) is 6.04 Å². The first kappa shape index (κ1) is 14.5. The van der Waals surface area contributed by atoms with E-state index in [1.165, 1.54) is 0 Å². The molecule has 0 fully saturated rings. The quantitative estimate of drug-likeness (QED) is 0.889. The van der Waals surface area contributed by atoms with Gasteiger partial charge in [-0.2, -0.15) is 0 Å². The predicted octanol–water partition coefficient (Wildman–Crippen LogP) is 3.32. The molecular weight excluding hydrogens is 278 g/mol. The molecule has 0 amide bonds. The second kappa shape index (κ2) is 7.01. The molecule has 0 aliphatic heterocycles. The third kappa shape index (κ3) is 4.58. The summed E-state index contributed by atoms with van der Waals surface area (Å²) in [4.78, 5) is 6.52. The van der Waals surface area contributed by atoms with Gasteiger partial charge in [0.25, 0.3) is 0 Å². The minimum Gasteiger partial charge on any atom is -0.324 e. The second-order valence-electron chi connectivity index (χ2n) is 4.67. The highest BCUT2D eigenvalue weighted by molar-refractivity contribution is 7.07. The third-order valence-corrected chi connectivity index (χ3v) is 3.88. The zero-order chi connectivity index (χ0) is 13.7. The first-order chi connectivity index (χ1) is 9.15. The molecule has 19 heavy (non-hydrogen) atoms. The summed E-state index contributed by atoms with van der Waals surface area (Å²) in [6, 6.07) is 7.79. The average Bonchev–Trinajstić information content (AvgIpc) is 2.88. The average molecular weight is 296 g/mol. The number of halogens is 1. The van der Waals surface area contributed by atoms with Gasteiger partial charge in [-0.15, -0.1) is 11.3 Å². The Balaban J connectivity index is 1.81. The van der Waals surface area contributed by atoms with Gasteiger partial charge in [-0.25, -0.2) is 4.98 Å². The number of hydrogen-bond donors (Lipinski definition) is 1. The van der Waals surface area contributed by atoms with Crippen molar-refractivity contribution in [2.24, 2.45) is 5.73 Å². The van der Waals surface area contributed by atoms with Crippen molar-refractivity contribution < 1.29 is 0 Å².